The van der Waals surface area contributed by atoms with Gasteiger partial charge in [0, 0.05) is 29.0 Å². The van der Waals surface area contributed by atoms with Crippen molar-refractivity contribution >= 4 is 0 Å². The molecule has 114 valence electrons. The minimum absolute atomic E-state index is 0.150. The van der Waals surface area contributed by atoms with Crippen molar-refractivity contribution in [1.82, 2.24) is 4.57 Å². The molecule has 0 fully saturated rings. The molecule has 2 atom stereocenters. The molecule has 1 aromatic carbocycles. The Hall–Kier alpha value is -2.36. The summed E-state index contributed by atoms with van der Waals surface area (Å²) in [7, 11) is 1.62. The molecule has 0 unspecified atom stereocenters. The van der Waals surface area contributed by atoms with Gasteiger partial charge in [-0.3, -0.25) is 4.57 Å². The Labute approximate surface area is 129 Å². The molecule has 5 rings (SSSR count). The highest BCUT2D eigenvalue weighted by molar-refractivity contribution is 5.61. The van der Waals surface area contributed by atoms with Crippen LogP contribution in [0.5, 0.6) is 17.5 Å². The van der Waals surface area contributed by atoms with Crippen LogP contribution in [0.2, 0.25) is 0 Å². The molecule has 2 N–H and O–H groups in total. The molecule has 2 aromatic rings. The van der Waals surface area contributed by atoms with Crippen molar-refractivity contribution in [3.05, 3.63) is 47.0 Å². The van der Waals surface area contributed by atoms with Crippen LogP contribution >= 0.6 is 0 Å². The SMILES string of the molecule is COc1cc(-n2c(O)c3c(c2O)[C@H]2C=C[C@@H]3CC2)ccc1C. The quantitative estimate of drug-likeness (QED) is 0.830. The Morgan fingerprint density at radius 3 is 2.14 bits per heavy atom. The highest BCUT2D eigenvalue weighted by Gasteiger charge is 2.37. The van der Waals surface area contributed by atoms with Crippen molar-refractivity contribution < 1.29 is 14.9 Å². The van der Waals surface area contributed by atoms with Gasteiger partial charge in [0.2, 0.25) is 11.8 Å². The van der Waals surface area contributed by atoms with Crippen LogP contribution in [0, 0.1) is 6.92 Å². The number of benzene rings is 1. The molecule has 22 heavy (non-hydrogen) atoms. The lowest BCUT2D eigenvalue weighted by Crippen LogP contribution is -2.15. The van der Waals surface area contributed by atoms with E-state index in [0.29, 0.717) is 5.69 Å². The summed E-state index contributed by atoms with van der Waals surface area (Å²) in [5.74, 6) is 1.46. The van der Waals surface area contributed by atoms with Gasteiger partial charge in [0.05, 0.1) is 12.8 Å². The van der Waals surface area contributed by atoms with Crippen LogP contribution < -0.4 is 4.74 Å². The third kappa shape index (κ3) is 1.64. The minimum Gasteiger partial charge on any atom is -0.496 e. The fraction of sp³-hybridized carbons (Fsp3) is 0.333. The number of hydrogen-bond donors (Lipinski definition) is 2. The van der Waals surface area contributed by atoms with Gasteiger partial charge in [-0.05, 0) is 31.4 Å². The highest BCUT2D eigenvalue weighted by atomic mass is 16.5. The fourth-order valence-corrected chi connectivity index (χ4v) is 3.81. The molecule has 0 spiro atoms. The van der Waals surface area contributed by atoms with Gasteiger partial charge < -0.3 is 14.9 Å². The number of methoxy groups -OCH3 is 1. The summed E-state index contributed by atoms with van der Waals surface area (Å²) in [4.78, 5) is 0. The van der Waals surface area contributed by atoms with Gasteiger partial charge in [-0.25, -0.2) is 0 Å². The molecule has 3 aliphatic carbocycles. The zero-order valence-electron chi connectivity index (χ0n) is 12.7. The van der Waals surface area contributed by atoms with Crippen molar-refractivity contribution in [2.75, 3.05) is 7.11 Å². The van der Waals surface area contributed by atoms with E-state index in [2.05, 4.69) is 12.2 Å². The zero-order chi connectivity index (χ0) is 15.4. The molecule has 0 saturated carbocycles. The predicted octanol–water partition coefficient (Wildman–Crippen LogP) is 3.74. The maximum absolute atomic E-state index is 10.7. The van der Waals surface area contributed by atoms with E-state index < -0.39 is 0 Å². The van der Waals surface area contributed by atoms with Crippen LogP contribution in [-0.2, 0) is 0 Å². The number of rotatable bonds is 2. The van der Waals surface area contributed by atoms with Crippen molar-refractivity contribution in [3.63, 3.8) is 0 Å². The molecule has 0 aliphatic heterocycles. The predicted molar refractivity (Wildman–Crippen MR) is 84.2 cm³/mol. The lowest BCUT2D eigenvalue weighted by molar-refractivity contribution is 0.396. The van der Waals surface area contributed by atoms with Crippen LogP contribution in [0.1, 0.15) is 41.4 Å². The van der Waals surface area contributed by atoms with Gasteiger partial charge in [0.1, 0.15) is 5.75 Å². The van der Waals surface area contributed by atoms with E-state index in [-0.39, 0.29) is 23.6 Å². The topological polar surface area (TPSA) is 54.6 Å². The van der Waals surface area contributed by atoms with Crippen LogP contribution in [0.25, 0.3) is 5.69 Å². The van der Waals surface area contributed by atoms with E-state index in [4.69, 9.17) is 4.74 Å². The van der Waals surface area contributed by atoms with E-state index in [0.717, 1.165) is 35.3 Å². The van der Waals surface area contributed by atoms with E-state index in [1.54, 1.807) is 7.11 Å². The van der Waals surface area contributed by atoms with Crippen molar-refractivity contribution in [3.8, 4) is 23.2 Å². The van der Waals surface area contributed by atoms with Gasteiger partial charge in [-0.15, -0.1) is 0 Å². The number of aromatic nitrogens is 1. The summed E-state index contributed by atoms with van der Waals surface area (Å²) in [6.07, 6.45) is 6.36. The maximum atomic E-state index is 10.7. The Bertz CT molecular complexity index is 751. The van der Waals surface area contributed by atoms with E-state index >= 15 is 0 Å². The summed E-state index contributed by atoms with van der Waals surface area (Å²) >= 11 is 0. The molecule has 0 amide bonds. The Balaban J connectivity index is 1.93. The summed E-state index contributed by atoms with van der Waals surface area (Å²) in [5, 5.41) is 21.4. The molecule has 2 bridgehead atoms. The number of aryl methyl sites for hydroxylation is 1. The number of allylic oxidation sites excluding steroid dienone is 2. The molecule has 1 heterocycles. The van der Waals surface area contributed by atoms with Crippen molar-refractivity contribution in [1.29, 1.82) is 0 Å². The molecule has 0 saturated heterocycles. The number of nitrogens with zero attached hydrogens (tertiary/aromatic N) is 1. The van der Waals surface area contributed by atoms with E-state index in [9.17, 15) is 10.2 Å². The lowest BCUT2D eigenvalue weighted by atomic mass is 9.73. The van der Waals surface area contributed by atoms with Crippen LogP contribution in [0.4, 0.5) is 0 Å². The summed E-state index contributed by atoms with van der Waals surface area (Å²) in [6, 6.07) is 5.66. The molecule has 0 radical (unpaired) electrons. The normalized spacial score (nSPS) is 21.9. The zero-order valence-corrected chi connectivity index (χ0v) is 12.7. The Morgan fingerprint density at radius 2 is 1.64 bits per heavy atom. The summed E-state index contributed by atoms with van der Waals surface area (Å²) in [5.41, 5.74) is 3.50. The van der Waals surface area contributed by atoms with Gasteiger partial charge in [0.25, 0.3) is 0 Å². The van der Waals surface area contributed by atoms with Crippen molar-refractivity contribution in [2.45, 2.75) is 31.6 Å². The minimum atomic E-state index is 0.150. The molecule has 1 aromatic heterocycles. The maximum Gasteiger partial charge on any atom is 0.202 e. The monoisotopic (exact) mass is 297 g/mol. The molecule has 3 aliphatic rings. The van der Waals surface area contributed by atoms with E-state index in [1.165, 1.54) is 4.57 Å². The number of ether oxygens (including phenoxy) is 1. The van der Waals surface area contributed by atoms with Gasteiger partial charge in [-0.1, -0.05) is 18.2 Å². The Morgan fingerprint density at radius 1 is 1.05 bits per heavy atom. The third-order valence-corrected chi connectivity index (χ3v) is 4.95. The van der Waals surface area contributed by atoms with Gasteiger partial charge in [0.15, 0.2) is 0 Å². The average molecular weight is 297 g/mol. The first-order valence-corrected chi connectivity index (χ1v) is 7.61. The first-order chi connectivity index (χ1) is 10.6. The van der Waals surface area contributed by atoms with Gasteiger partial charge >= 0.3 is 0 Å². The number of fused-ring (bicyclic) bond motifs is 1. The second-order valence-corrected chi connectivity index (χ2v) is 6.14. The molecular formula is C18H19NO3. The highest BCUT2D eigenvalue weighted by Crippen LogP contribution is 2.54. The second kappa shape index (κ2) is 4.57. The van der Waals surface area contributed by atoms with Crippen molar-refractivity contribution in [2.24, 2.45) is 0 Å². The first kappa shape index (κ1) is 13.3. The summed E-state index contributed by atoms with van der Waals surface area (Å²) in [6.45, 7) is 1.97. The second-order valence-electron chi connectivity index (χ2n) is 6.14. The Kier molecular flexibility index (Phi) is 2.76. The van der Waals surface area contributed by atoms with Crippen LogP contribution in [-0.4, -0.2) is 21.9 Å². The molecular weight excluding hydrogens is 278 g/mol. The van der Waals surface area contributed by atoms with Crippen LogP contribution in [0.3, 0.4) is 0 Å². The van der Waals surface area contributed by atoms with E-state index in [1.807, 2.05) is 25.1 Å². The summed E-state index contributed by atoms with van der Waals surface area (Å²) < 4.78 is 6.89. The fourth-order valence-electron chi connectivity index (χ4n) is 3.81. The lowest BCUT2D eigenvalue weighted by Gasteiger charge is -2.30. The largest absolute Gasteiger partial charge is 0.496 e. The average Bonchev–Trinajstić information content (AvgIpc) is 2.83. The third-order valence-electron chi connectivity index (χ3n) is 4.95. The molecule has 4 heteroatoms. The number of aromatic hydroxyl groups is 2. The molecule has 4 nitrogen and oxygen atoms in total. The smallest absolute Gasteiger partial charge is 0.202 e. The number of hydrogen-bond acceptors (Lipinski definition) is 3. The van der Waals surface area contributed by atoms with Gasteiger partial charge in [-0.2, -0.15) is 0 Å². The standard InChI is InChI=1S/C18H19NO3/c1-10-3-8-13(9-14(10)22-2)19-17(20)15-11-4-5-12(7-6-11)16(15)18(19)21/h3-5,8-9,11-12,20-21H,6-7H2,1-2H3/t11-,12+. The first-order valence-electron chi connectivity index (χ1n) is 7.61. The van der Waals surface area contributed by atoms with Crippen LogP contribution in [0.15, 0.2) is 30.4 Å².